The first-order valence-electron chi connectivity index (χ1n) is 35.0. The SMILES string of the molecule is C=CC(=O)OC.COC(=O)CCn1ccc2ccc(N)cc21.COC(=O)CCn1ccc2ccc(N3Cc4cccc(Cl)c4C3=O)cc21.COC(=O)CCn1ccc2ccc([N+](=O)[O-])cc21.O=C(O)CCn1ccc2ccc(N3Cc4cccc(Cl)c4C3=O)cc21.O=C(O)c1c(Cl)cccc1CBr.O=[N+]([O-])c1ccc2cc[nH]c2c1.[Li+].[OH-]. The van der Waals surface area contributed by atoms with Gasteiger partial charge in [0.05, 0.1) is 136 Å². The molecule has 5 aromatic heterocycles. The summed E-state index contributed by atoms with van der Waals surface area (Å²) in [5.74, 6) is -3.17. The van der Waals surface area contributed by atoms with E-state index in [1.165, 1.54) is 52.7 Å². The number of H-pyrrole nitrogens is 1. The molecule has 7 heterocycles. The molecule has 2 aliphatic rings. The molecule has 8 aromatic carbocycles. The number of hydrogen-bond acceptors (Lipinski definition) is 18. The van der Waals surface area contributed by atoms with Crippen LogP contribution in [-0.2, 0) is 87.5 Å². The van der Waals surface area contributed by atoms with Gasteiger partial charge in [0.15, 0.2) is 0 Å². The van der Waals surface area contributed by atoms with Gasteiger partial charge in [-0.05, 0) is 135 Å². The summed E-state index contributed by atoms with van der Waals surface area (Å²) in [4.78, 5) is 117. The average molecular weight is 1710 g/mol. The number of nitrogens with two attached hydrogens (primary N) is 1. The summed E-state index contributed by atoms with van der Waals surface area (Å²) < 4.78 is 25.7. The van der Waals surface area contributed by atoms with Crippen molar-refractivity contribution in [2.24, 2.45) is 0 Å². The van der Waals surface area contributed by atoms with Crippen LogP contribution in [0.15, 0.2) is 220 Å². The van der Waals surface area contributed by atoms with Crippen molar-refractivity contribution < 1.29 is 102 Å². The quantitative estimate of drug-likeness (QED) is 0.00853. The van der Waals surface area contributed by atoms with Crippen molar-refractivity contribution >= 4 is 181 Å². The number of carboxylic acids is 2. The summed E-state index contributed by atoms with van der Waals surface area (Å²) >= 11 is 21.3. The number of carbonyl (C=O) groups is 8. The van der Waals surface area contributed by atoms with Crippen molar-refractivity contribution in [1.82, 2.24) is 23.3 Å². The molecular weight excluding hydrogens is 1630 g/mol. The average Bonchev–Trinajstić information content (AvgIpc) is 1.62. The molecule has 34 heteroatoms. The van der Waals surface area contributed by atoms with Crippen molar-refractivity contribution in [2.45, 2.75) is 70.3 Å². The van der Waals surface area contributed by atoms with Crippen LogP contribution in [0.3, 0.4) is 0 Å². The molecule has 29 nitrogen and oxygen atoms in total. The molecule has 602 valence electrons. The van der Waals surface area contributed by atoms with Crippen molar-refractivity contribution in [2.75, 3.05) is 44.0 Å². The van der Waals surface area contributed by atoms with Crippen LogP contribution in [0, 0.1) is 20.2 Å². The van der Waals surface area contributed by atoms with E-state index in [1.807, 2.05) is 141 Å². The molecule has 0 atom stereocenters. The number of ether oxygens (including phenoxy) is 4. The van der Waals surface area contributed by atoms with Crippen LogP contribution in [0.1, 0.15) is 73.4 Å². The minimum atomic E-state index is -0.991. The monoisotopic (exact) mass is 1710 g/mol. The number of carboxylic acid groups (broad SMARTS) is 2. The Hall–Kier alpha value is -12.5. The van der Waals surface area contributed by atoms with Gasteiger partial charge in [0, 0.05) is 115 Å². The predicted octanol–water partition coefficient (Wildman–Crippen LogP) is 14.0. The molecule has 0 radical (unpaired) electrons. The van der Waals surface area contributed by atoms with Gasteiger partial charge < -0.3 is 73.4 Å². The minimum absolute atomic E-state index is 0. The largest absolute Gasteiger partial charge is 1.00 e. The summed E-state index contributed by atoms with van der Waals surface area (Å²) in [6, 6.07) is 52.5. The zero-order valence-electron chi connectivity index (χ0n) is 63.7. The van der Waals surface area contributed by atoms with E-state index < -0.39 is 27.8 Å². The number of esters is 4. The van der Waals surface area contributed by atoms with Crippen LogP contribution in [0.5, 0.6) is 0 Å². The number of carbonyl (C=O) groups excluding carboxylic acids is 6. The summed E-state index contributed by atoms with van der Waals surface area (Å²) in [6.45, 7) is 6.11. The van der Waals surface area contributed by atoms with E-state index in [0.717, 1.165) is 88.8 Å². The van der Waals surface area contributed by atoms with Crippen LogP contribution in [0.4, 0.5) is 28.4 Å². The standard InChI is InChI=1S/C20H17ClN2O3.C19H15ClN2O3.C12H12N2O4.C12H14N2O2.C8H6BrClO2.C8H6N2O2.C4H6O2.Li.H2O/c1-26-18(24)8-10-22-9-7-13-5-6-15(11-17(13)22)23-12-14-3-2-4-16(21)19(14)20(23)25;20-15-3-1-2-13-11-22(19(25)18(13)15)14-5-4-12-6-8-21(16(12)10-14)9-7-17(23)24;1-18-12(15)5-7-13-6-4-9-2-3-10(14(16)17)8-11(9)13;1-16-12(15)5-7-14-6-4-9-2-3-10(13)8-11(9)14;9-4-5-2-1-3-6(10)7(5)8(11)12;11-10(12)7-2-1-6-3-4-9-8(6)5-7;1-3-4(5)6-2;;/h2-7,9,11H,8,10,12H2,1H3;1-6,8,10H,7,9,11H2,(H,23,24);2-4,6,8H,5,7H2,1H3;2-4,6,8H,5,7,13H2,1H3;1-3H,4H2,(H,11,12);1-5,9H;3H,1H2,2H3;;1H2/q;;;;;;;+1;/p-1. The Balaban J connectivity index is 0.000000195. The summed E-state index contributed by atoms with van der Waals surface area (Å²) in [5, 5.41) is 45.5. The number of nitrogen functional groups attached to an aromatic ring is 1. The van der Waals surface area contributed by atoms with Gasteiger partial charge in [-0.1, -0.05) is 112 Å². The molecule has 15 rings (SSSR count). The number of halogens is 4. The predicted molar refractivity (Wildman–Crippen MR) is 445 cm³/mol. The molecule has 117 heavy (non-hydrogen) atoms. The molecule has 6 N–H and O–H groups in total. The molecule has 0 bridgehead atoms. The fourth-order valence-electron chi connectivity index (χ4n) is 12.3. The summed E-state index contributed by atoms with van der Waals surface area (Å²) in [7, 11) is 5.43. The number of fused-ring (bicyclic) bond motifs is 7. The van der Waals surface area contributed by atoms with E-state index in [0.29, 0.717) is 84.2 Å². The molecule has 0 unspecified atom stereocenters. The molecular formula is C83H77BrCl3LiN10O19. The number of aromatic carboxylic acids is 1. The Labute approximate surface area is 704 Å². The third-order valence-corrected chi connectivity index (χ3v) is 19.7. The topological polar surface area (TPSA) is 398 Å². The van der Waals surface area contributed by atoms with Crippen molar-refractivity contribution in [3.05, 3.63) is 288 Å². The van der Waals surface area contributed by atoms with Crippen LogP contribution < -0.4 is 34.4 Å². The van der Waals surface area contributed by atoms with Crippen molar-refractivity contribution in [3.63, 3.8) is 0 Å². The number of aromatic nitrogens is 5. The van der Waals surface area contributed by atoms with Gasteiger partial charge >= 0.3 is 54.7 Å². The molecule has 0 aliphatic carbocycles. The first kappa shape index (κ1) is 91.6. The number of nitro groups is 2. The van der Waals surface area contributed by atoms with Crippen LogP contribution >= 0.6 is 50.7 Å². The summed E-state index contributed by atoms with van der Waals surface area (Å²) in [6.07, 6.45) is 11.4. The maximum absolute atomic E-state index is 12.8. The minimum Gasteiger partial charge on any atom is -0.870 e. The van der Waals surface area contributed by atoms with E-state index in [1.54, 1.807) is 69.2 Å². The number of hydrogen-bond donors (Lipinski definition) is 4. The second-order valence-corrected chi connectivity index (χ2v) is 27.0. The Morgan fingerprint density at radius 1 is 0.521 bits per heavy atom. The third kappa shape index (κ3) is 23.6. The van der Waals surface area contributed by atoms with Crippen molar-refractivity contribution in [3.8, 4) is 0 Å². The molecule has 0 saturated heterocycles. The van der Waals surface area contributed by atoms with Crippen molar-refractivity contribution in [1.29, 1.82) is 0 Å². The fraction of sp³-hybridized carbons (Fsp3) is 0.181. The molecule has 2 amide bonds. The number of nitrogens with zero attached hydrogens (tertiary/aromatic N) is 8. The normalized spacial score (nSPS) is 11.3. The Morgan fingerprint density at radius 3 is 1.30 bits per heavy atom. The number of aliphatic carboxylic acids is 1. The molecule has 13 aromatic rings. The number of aryl methyl sites for hydroxylation is 4. The second-order valence-electron chi connectivity index (χ2n) is 25.2. The van der Waals surface area contributed by atoms with E-state index in [4.69, 9.17) is 55.5 Å². The number of amides is 2. The first-order chi connectivity index (χ1) is 55.2. The number of aromatic amines is 1. The molecule has 0 spiro atoms. The van der Waals surface area contributed by atoms with Gasteiger partial charge in [0.25, 0.3) is 23.2 Å². The van der Waals surface area contributed by atoms with E-state index in [-0.39, 0.29) is 88.9 Å². The van der Waals surface area contributed by atoms with Crippen LogP contribution in [0.2, 0.25) is 15.1 Å². The van der Waals surface area contributed by atoms with E-state index >= 15 is 0 Å². The maximum atomic E-state index is 12.8. The summed E-state index contributed by atoms with van der Waals surface area (Å²) in [5.41, 5.74) is 16.5. The van der Waals surface area contributed by atoms with Crippen LogP contribution in [-0.4, -0.2) is 125 Å². The number of alkyl halides is 1. The molecule has 2 aliphatic heterocycles. The van der Waals surface area contributed by atoms with E-state index in [2.05, 4.69) is 41.7 Å². The first-order valence-corrected chi connectivity index (χ1v) is 37.3. The third-order valence-electron chi connectivity index (χ3n) is 18.2. The van der Waals surface area contributed by atoms with Gasteiger partial charge in [-0.15, -0.1) is 0 Å². The Kier molecular flexibility index (Phi) is 33.9. The van der Waals surface area contributed by atoms with Gasteiger partial charge in [0.1, 0.15) is 0 Å². The zero-order chi connectivity index (χ0) is 83.2. The van der Waals surface area contributed by atoms with Gasteiger partial charge in [-0.25, -0.2) is 9.59 Å². The van der Waals surface area contributed by atoms with E-state index in [9.17, 15) is 58.6 Å². The van der Waals surface area contributed by atoms with Gasteiger partial charge in [0.2, 0.25) is 0 Å². The number of anilines is 3. The maximum Gasteiger partial charge on any atom is 1.00 e. The number of nitrogens with one attached hydrogen (secondary N) is 1. The fourth-order valence-corrected chi connectivity index (χ4v) is 13.6. The number of rotatable bonds is 19. The second kappa shape index (κ2) is 43.3. The number of benzene rings is 8. The zero-order valence-corrected chi connectivity index (χ0v) is 67.6. The van der Waals surface area contributed by atoms with Gasteiger partial charge in [-0.2, -0.15) is 0 Å². The van der Waals surface area contributed by atoms with Gasteiger partial charge in [-0.3, -0.25) is 49.0 Å². The number of nitro benzene ring substituents is 2. The Morgan fingerprint density at radius 2 is 0.915 bits per heavy atom. The van der Waals surface area contributed by atoms with Crippen LogP contribution in [0.25, 0.3) is 54.5 Å². The Bertz CT molecular complexity index is 5820. The molecule has 0 saturated carbocycles. The molecule has 0 fully saturated rings. The number of methoxy groups -OCH3 is 4. The smallest absolute Gasteiger partial charge is 0.870 e. The number of non-ortho nitro benzene ring substituents is 2.